The zero-order chi connectivity index (χ0) is 15.9. The lowest BCUT2D eigenvalue weighted by atomic mass is 9.63. The summed E-state index contributed by atoms with van der Waals surface area (Å²) in [7, 11) is 5.66. The fourth-order valence-electron chi connectivity index (χ4n) is 1.94. The SMILES string of the molecule is [B]C(C)(CC)c1c(F)c(F)c([C@](C)(F)CC)c(F)c1F. The molecule has 1 unspecified atom stereocenters. The summed E-state index contributed by atoms with van der Waals surface area (Å²) in [6.07, 6.45) is -0.271. The van der Waals surface area contributed by atoms with Gasteiger partial charge in [-0.05, 0) is 18.7 Å². The molecule has 0 aliphatic carbocycles. The predicted octanol–water partition coefficient (Wildman–Crippen LogP) is 4.63. The highest BCUT2D eigenvalue weighted by Crippen LogP contribution is 2.39. The predicted molar refractivity (Wildman–Crippen MR) is 68.4 cm³/mol. The molecule has 0 saturated carbocycles. The zero-order valence-corrected chi connectivity index (χ0v) is 11.9. The van der Waals surface area contributed by atoms with Crippen LogP contribution in [0.1, 0.15) is 51.7 Å². The molecule has 2 radical (unpaired) electrons. The van der Waals surface area contributed by atoms with Gasteiger partial charge >= 0.3 is 0 Å². The van der Waals surface area contributed by atoms with E-state index in [0.29, 0.717) is 0 Å². The van der Waals surface area contributed by atoms with Gasteiger partial charge in [-0.1, -0.05) is 27.2 Å². The lowest BCUT2D eigenvalue weighted by Gasteiger charge is -2.28. The molecular weight excluding hydrogens is 274 g/mol. The highest BCUT2D eigenvalue weighted by atomic mass is 19.2. The maximum atomic E-state index is 14.1. The largest absolute Gasteiger partial charge is 0.239 e. The molecule has 0 aliphatic rings. The Bertz CT molecular complexity index is 447. The van der Waals surface area contributed by atoms with Crippen molar-refractivity contribution in [2.45, 2.75) is 51.5 Å². The van der Waals surface area contributed by atoms with E-state index in [0.717, 1.165) is 6.92 Å². The summed E-state index contributed by atoms with van der Waals surface area (Å²) in [6.45, 7) is 4.96. The van der Waals surface area contributed by atoms with Crippen LogP contribution in [0.4, 0.5) is 22.0 Å². The Morgan fingerprint density at radius 1 is 0.800 bits per heavy atom. The van der Waals surface area contributed by atoms with Crippen LogP contribution in [0.15, 0.2) is 0 Å². The van der Waals surface area contributed by atoms with Gasteiger partial charge in [0.25, 0.3) is 0 Å². The van der Waals surface area contributed by atoms with Gasteiger partial charge in [0.15, 0.2) is 23.3 Å². The molecule has 1 aromatic rings. The number of benzene rings is 1. The van der Waals surface area contributed by atoms with Crippen LogP contribution < -0.4 is 0 Å². The fourth-order valence-corrected chi connectivity index (χ4v) is 1.94. The van der Waals surface area contributed by atoms with Crippen molar-refractivity contribution in [3.63, 3.8) is 0 Å². The summed E-state index contributed by atoms with van der Waals surface area (Å²) in [6, 6.07) is 0. The lowest BCUT2D eigenvalue weighted by Crippen LogP contribution is -2.29. The van der Waals surface area contributed by atoms with Crippen molar-refractivity contribution in [2.24, 2.45) is 0 Å². The highest BCUT2D eigenvalue weighted by Gasteiger charge is 2.39. The standard InChI is InChI=1S/C14H16BF5/c1-5-13(3,15)7-9(16)11(18)8(12(19)10(7)17)14(4,20)6-2/h5-6H2,1-4H3/t13?,14-/m1/s1. The molecule has 0 spiro atoms. The number of hydrogen-bond acceptors (Lipinski definition) is 0. The number of hydrogen-bond donors (Lipinski definition) is 0. The molecule has 0 heterocycles. The molecule has 0 nitrogen and oxygen atoms in total. The van der Waals surface area contributed by atoms with E-state index in [4.69, 9.17) is 7.85 Å². The second-order valence-corrected chi connectivity index (χ2v) is 5.33. The molecule has 0 bridgehead atoms. The van der Waals surface area contributed by atoms with Crippen LogP contribution in [0.25, 0.3) is 0 Å². The molecule has 0 aromatic heterocycles. The van der Waals surface area contributed by atoms with E-state index in [9.17, 15) is 22.0 Å². The summed E-state index contributed by atoms with van der Waals surface area (Å²) in [5.74, 6) is -6.72. The van der Waals surface area contributed by atoms with Gasteiger partial charge in [0.2, 0.25) is 0 Å². The minimum Gasteiger partial charge on any atom is -0.239 e. The molecule has 20 heavy (non-hydrogen) atoms. The first-order valence-electron chi connectivity index (χ1n) is 6.35. The topological polar surface area (TPSA) is 0 Å². The molecule has 0 aliphatic heterocycles. The van der Waals surface area contributed by atoms with Crippen LogP contribution in [-0.4, -0.2) is 7.85 Å². The van der Waals surface area contributed by atoms with Gasteiger partial charge in [0, 0.05) is 5.56 Å². The lowest BCUT2D eigenvalue weighted by molar-refractivity contribution is 0.166. The minimum atomic E-state index is -2.51. The summed E-state index contributed by atoms with van der Waals surface area (Å²) in [5.41, 5.74) is -4.64. The molecule has 1 aromatic carbocycles. The van der Waals surface area contributed by atoms with Crippen molar-refractivity contribution < 1.29 is 22.0 Å². The van der Waals surface area contributed by atoms with Crippen LogP contribution in [0.3, 0.4) is 0 Å². The van der Waals surface area contributed by atoms with E-state index in [1.807, 2.05) is 0 Å². The average molecular weight is 290 g/mol. The summed E-state index contributed by atoms with van der Waals surface area (Å²) in [5, 5.41) is -1.59. The van der Waals surface area contributed by atoms with Crippen LogP contribution in [0.5, 0.6) is 0 Å². The van der Waals surface area contributed by atoms with Crippen LogP contribution in [0, 0.1) is 23.3 Å². The first-order valence-corrected chi connectivity index (χ1v) is 6.35. The Labute approximate surface area is 116 Å². The normalized spacial score (nSPS) is 17.6. The molecule has 110 valence electrons. The van der Waals surface area contributed by atoms with Gasteiger partial charge in [-0.2, -0.15) is 0 Å². The van der Waals surface area contributed by atoms with E-state index in [1.54, 1.807) is 0 Å². The Hall–Kier alpha value is -1.07. The van der Waals surface area contributed by atoms with Gasteiger partial charge < -0.3 is 0 Å². The number of alkyl halides is 1. The molecular formula is C14H16BF5. The molecule has 0 amide bonds. The first kappa shape index (κ1) is 17.0. The van der Waals surface area contributed by atoms with E-state index in [-0.39, 0.29) is 12.8 Å². The minimum absolute atomic E-state index is 0.0553. The third-order valence-corrected chi connectivity index (χ3v) is 3.75. The van der Waals surface area contributed by atoms with Crippen molar-refractivity contribution >= 4 is 7.85 Å². The van der Waals surface area contributed by atoms with E-state index in [2.05, 4.69) is 0 Å². The molecule has 0 fully saturated rings. The Morgan fingerprint density at radius 2 is 1.15 bits per heavy atom. The Morgan fingerprint density at radius 3 is 1.45 bits per heavy atom. The maximum absolute atomic E-state index is 14.1. The monoisotopic (exact) mass is 290 g/mol. The highest BCUT2D eigenvalue weighted by molar-refractivity contribution is 6.15. The van der Waals surface area contributed by atoms with Gasteiger partial charge in [0.05, 0.1) is 13.4 Å². The van der Waals surface area contributed by atoms with Gasteiger partial charge in [-0.25, -0.2) is 22.0 Å². The van der Waals surface area contributed by atoms with Gasteiger partial charge in [-0.15, -0.1) is 0 Å². The smallest absolute Gasteiger partial charge is 0.168 e. The van der Waals surface area contributed by atoms with Crippen molar-refractivity contribution in [3.8, 4) is 0 Å². The first-order chi connectivity index (χ1) is 9.01. The van der Waals surface area contributed by atoms with E-state index >= 15 is 0 Å². The van der Waals surface area contributed by atoms with Crippen molar-refractivity contribution in [1.82, 2.24) is 0 Å². The molecule has 0 N–H and O–H groups in total. The quantitative estimate of drug-likeness (QED) is 0.431. The summed E-state index contributed by atoms with van der Waals surface area (Å²) >= 11 is 0. The van der Waals surface area contributed by atoms with Crippen molar-refractivity contribution in [1.29, 1.82) is 0 Å². The zero-order valence-electron chi connectivity index (χ0n) is 11.9. The summed E-state index contributed by atoms with van der Waals surface area (Å²) < 4.78 is 70.1. The second-order valence-electron chi connectivity index (χ2n) is 5.33. The van der Waals surface area contributed by atoms with Crippen LogP contribution in [0.2, 0.25) is 0 Å². The molecule has 6 heteroatoms. The average Bonchev–Trinajstić information content (AvgIpc) is 2.36. The van der Waals surface area contributed by atoms with E-state index < -0.39 is 45.4 Å². The number of halogens is 5. The summed E-state index contributed by atoms with van der Waals surface area (Å²) in [4.78, 5) is 0. The second kappa shape index (κ2) is 5.37. The fraction of sp³-hybridized carbons (Fsp3) is 0.571. The third-order valence-electron chi connectivity index (χ3n) is 3.75. The van der Waals surface area contributed by atoms with Crippen molar-refractivity contribution in [2.75, 3.05) is 0 Å². The maximum Gasteiger partial charge on any atom is 0.168 e. The van der Waals surface area contributed by atoms with Crippen LogP contribution in [-0.2, 0) is 11.0 Å². The van der Waals surface area contributed by atoms with Crippen LogP contribution >= 0.6 is 0 Å². The Balaban J connectivity index is 3.76. The Kier molecular flexibility index (Phi) is 4.57. The number of rotatable bonds is 4. The third kappa shape index (κ3) is 2.57. The molecule has 0 saturated heterocycles. The van der Waals surface area contributed by atoms with Crippen molar-refractivity contribution in [3.05, 3.63) is 34.4 Å². The van der Waals surface area contributed by atoms with Gasteiger partial charge in [-0.3, -0.25) is 0 Å². The molecule has 2 atom stereocenters. The molecule has 1 rings (SSSR count). The van der Waals surface area contributed by atoms with E-state index in [1.165, 1.54) is 20.8 Å². The van der Waals surface area contributed by atoms with Gasteiger partial charge in [0.1, 0.15) is 5.67 Å².